The summed E-state index contributed by atoms with van der Waals surface area (Å²) in [5, 5.41) is 2.95. The van der Waals surface area contributed by atoms with E-state index in [1.54, 1.807) is 48.8 Å². The lowest BCUT2D eigenvalue weighted by Gasteiger charge is -2.08. The first-order valence-electron chi connectivity index (χ1n) is 7.85. The summed E-state index contributed by atoms with van der Waals surface area (Å²) in [6.07, 6.45) is 4.36. The number of aromatic nitrogens is 2. The van der Waals surface area contributed by atoms with Crippen LogP contribution in [0.2, 0.25) is 5.15 Å². The quantitative estimate of drug-likeness (QED) is 0.617. The van der Waals surface area contributed by atoms with Gasteiger partial charge in [0.05, 0.1) is 11.9 Å². The van der Waals surface area contributed by atoms with Gasteiger partial charge in [0.2, 0.25) is 10.0 Å². The summed E-state index contributed by atoms with van der Waals surface area (Å²) < 4.78 is 26.9. The molecular weight excluding hydrogens is 388 g/mol. The van der Waals surface area contributed by atoms with Crippen LogP contribution in [-0.2, 0) is 16.6 Å². The summed E-state index contributed by atoms with van der Waals surface area (Å²) >= 11 is 5.66. The Hall–Kier alpha value is -2.81. The van der Waals surface area contributed by atoms with Crippen molar-refractivity contribution in [3.63, 3.8) is 0 Å². The van der Waals surface area contributed by atoms with Crippen LogP contribution in [0.5, 0.6) is 0 Å². The highest BCUT2D eigenvalue weighted by molar-refractivity contribution is 7.89. The first kappa shape index (κ1) is 19.0. The summed E-state index contributed by atoms with van der Waals surface area (Å²) in [5.41, 5.74) is 1.75. The third-order valence-electron chi connectivity index (χ3n) is 3.61. The number of benzene rings is 1. The zero-order chi connectivity index (χ0) is 19.3. The molecule has 3 rings (SSSR count). The Morgan fingerprint density at radius 2 is 1.81 bits per heavy atom. The fraction of sp³-hybridized carbons (Fsp3) is 0.0556. The smallest absolute Gasteiger partial charge is 0.255 e. The highest BCUT2D eigenvalue weighted by Gasteiger charge is 2.14. The van der Waals surface area contributed by atoms with Crippen molar-refractivity contribution in [1.82, 2.24) is 14.7 Å². The first-order valence-corrected chi connectivity index (χ1v) is 9.72. The number of halogens is 1. The van der Waals surface area contributed by atoms with Crippen LogP contribution in [0, 0.1) is 0 Å². The Morgan fingerprint density at radius 1 is 1.04 bits per heavy atom. The summed E-state index contributed by atoms with van der Waals surface area (Å²) in [7, 11) is -3.70. The van der Waals surface area contributed by atoms with Gasteiger partial charge in [-0.15, -0.1) is 0 Å². The van der Waals surface area contributed by atoms with Crippen molar-refractivity contribution in [2.45, 2.75) is 11.4 Å². The minimum Gasteiger partial charge on any atom is -0.321 e. The van der Waals surface area contributed by atoms with Crippen molar-refractivity contribution in [2.24, 2.45) is 0 Å². The van der Waals surface area contributed by atoms with E-state index in [1.807, 2.05) is 0 Å². The van der Waals surface area contributed by atoms with Crippen molar-refractivity contribution in [3.05, 3.63) is 83.4 Å². The van der Waals surface area contributed by atoms with E-state index in [0.717, 1.165) is 0 Å². The molecule has 138 valence electrons. The van der Waals surface area contributed by atoms with Gasteiger partial charge in [-0.25, -0.2) is 18.1 Å². The summed E-state index contributed by atoms with van der Waals surface area (Å²) in [5.74, 6) is -0.276. The second-order valence-electron chi connectivity index (χ2n) is 5.53. The van der Waals surface area contributed by atoms with E-state index in [9.17, 15) is 13.2 Å². The Morgan fingerprint density at radius 3 is 2.44 bits per heavy atom. The van der Waals surface area contributed by atoms with Crippen LogP contribution in [0.15, 0.2) is 72.0 Å². The Balaban J connectivity index is 1.62. The molecule has 0 atom stereocenters. The van der Waals surface area contributed by atoms with E-state index in [1.165, 1.54) is 18.3 Å². The summed E-state index contributed by atoms with van der Waals surface area (Å²) in [6, 6.07) is 12.9. The number of anilines is 1. The fourth-order valence-corrected chi connectivity index (χ4v) is 3.27. The van der Waals surface area contributed by atoms with Gasteiger partial charge in [-0.1, -0.05) is 23.7 Å². The molecule has 0 aliphatic carbocycles. The Bertz CT molecular complexity index is 1020. The number of carbonyl (C=O) groups is 1. The average molecular weight is 403 g/mol. The number of hydrogen-bond acceptors (Lipinski definition) is 5. The summed E-state index contributed by atoms with van der Waals surface area (Å²) in [6.45, 7) is 0.0788. The zero-order valence-corrected chi connectivity index (χ0v) is 15.5. The van der Waals surface area contributed by atoms with Crippen molar-refractivity contribution >= 4 is 33.2 Å². The molecule has 0 aliphatic heterocycles. The van der Waals surface area contributed by atoms with E-state index < -0.39 is 10.0 Å². The molecule has 0 fully saturated rings. The topological polar surface area (TPSA) is 101 Å². The SMILES string of the molecule is O=C(Nc1cccnc1)c1ccc(CNS(=O)(=O)c2ccc(Cl)nc2)cc1. The molecule has 0 bridgehead atoms. The lowest BCUT2D eigenvalue weighted by atomic mass is 10.1. The van der Waals surface area contributed by atoms with Crippen LogP contribution in [-0.4, -0.2) is 24.3 Å². The third kappa shape index (κ3) is 5.10. The van der Waals surface area contributed by atoms with Crippen molar-refractivity contribution < 1.29 is 13.2 Å². The Labute approximate surface area is 161 Å². The van der Waals surface area contributed by atoms with Gasteiger partial charge in [0.1, 0.15) is 10.0 Å². The number of rotatable bonds is 6. The summed E-state index contributed by atoms with van der Waals surface area (Å²) in [4.78, 5) is 19.9. The van der Waals surface area contributed by atoms with Gasteiger partial charge in [0, 0.05) is 24.5 Å². The minimum atomic E-state index is -3.70. The number of hydrogen-bond donors (Lipinski definition) is 2. The molecule has 0 aliphatic rings. The largest absolute Gasteiger partial charge is 0.321 e. The van der Waals surface area contributed by atoms with Crippen molar-refractivity contribution in [3.8, 4) is 0 Å². The molecule has 2 N–H and O–H groups in total. The average Bonchev–Trinajstić information content (AvgIpc) is 2.68. The predicted octanol–water partition coefficient (Wildman–Crippen LogP) is 2.86. The number of nitrogens with zero attached hydrogens (tertiary/aromatic N) is 2. The molecular formula is C18H15ClN4O3S. The van der Waals surface area contributed by atoms with Crippen LogP contribution in [0.4, 0.5) is 5.69 Å². The van der Waals surface area contributed by atoms with E-state index in [0.29, 0.717) is 16.8 Å². The van der Waals surface area contributed by atoms with Gasteiger partial charge in [0.15, 0.2) is 0 Å². The van der Waals surface area contributed by atoms with Crippen LogP contribution < -0.4 is 10.0 Å². The van der Waals surface area contributed by atoms with Gasteiger partial charge in [-0.2, -0.15) is 0 Å². The molecule has 27 heavy (non-hydrogen) atoms. The second-order valence-corrected chi connectivity index (χ2v) is 7.69. The number of amides is 1. The lowest BCUT2D eigenvalue weighted by molar-refractivity contribution is 0.102. The highest BCUT2D eigenvalue weighted by Crippen LogP contribution is 2.12. The molecule has 0 spiro atoms. The van der Waals surface area contributed by atoms with Crippen molar-refractivity contribution in [2.75, 3.05) is 5.32 Å². The molecule has 0 radical (unpaired) electrons. The molecule has 0 saturated carbocycles. The predicted molar refractivity (Wildman–Crippen MR) is 102 cm³/mol. The van der Waals surface area contributed by atoms with Gasteiger partial charge in [-0.05, 0) is 42.0 Å². The van der Waals surface area contributed by atoms with Crippen molar-refractivity contribution in [1.29, 1.82) is 0 Å². The number of carbonyl (C=O) groups excluding carboxylic acids is 1. The van der Waals surface area contributed by atoms with E-state index in [4.69, 9.17) is 11.6 Å². The van der Waals surface area contributed by atoms with E-state index >= 15 is 0 Å². The molecule has 0 unspecified atom stereocenters. The molecule has 1 amide bonds. The normalized spacial score (nSPS) is 11.1. The fourth-order valence-electron chi connectivity index (χ4n) is 2.20. The molecule has 7 nitrogen and oxygen atoms in total. The van der Waals surface area contributed by atoms with Gasteiger partial charge in [-0.3, -0.25) is 9.78 Å². The van der Waals surface area contributed by atoms with Gasteiger partial charge < -0.3 is 5.32 Å². The molecule has 0 saturated heterocycles. The highest BCUT2D eigenvalue weighted by atomic mass is 35.5. The number of nitrogens with one attached hydrogen (secondary N) is 2. The van der Waals surface area contributed by atoms with Gasteiger partial charge in [0.25, 0.3) is 5.91 Å². The maximum absolute atomic E-state index is 12.2. The van der Waals surface area contributed by atoms with Crippen LogP contribution >= 0.6 is 11.6 Å². The number of sulfonamides is 1. The minimum absolute atomic E-state index is 0.0272. The second kappa shape index (κ2) is 8.26. The maximum atomic E-state index is 12.2. The van der Waals surface area contributed by atoms with Crippen LogP contribution in [0.25, 0.3) is 0 Å². The standard InChI is InChI=1S/C18H15ClN4O3S/c19-17-8-7-16(12-21-17)27(25,26)22-10-13-3-5-14(6-4-13)18(24)23-15-2-1-9-20-11-15/h1-9,11-12,22H,10H2,(H,23,24). The lowest BCUT2D eigenvalue weighted by Crippen LogP contribution is -2.23. The first-order chi connectivity index (χ1) is 12.9. The van der Waals surface area contributed by atoms with E-state index in [2.05, 4.69) is 20.0 Å². The molecule has 1 aromatic carbocycles. The number of pyridine rings is 2. The molecule has 9 heteroatoms. The monoisotopic (exact) mass is 402 g/mol. The van der Waals surface area contributed by atoms with Crippen LogP contribution in [0.3, 0.4) is 0 Å². The molecule has 3 aromatic rings. The maximum Gasteiger partial charge on any atom is 0.255 e. The zero-order valence-electron chi connectivity index (χ0n) is 14.0. The molecule has 2 aromatic heterocycles. The third-order valence-corrected chi connectivity index (χ3v) is 5.22. The Kier molecular flexibility index (Phi) is 5.80. The van der Waals surface area contributed by atoms with Crippen LogP contribution in [0.1, 0.15) is 15.9 Å². The van der Waals surface area contributed by atoms with Gasteiger partial charge >= 0.3 is 0 Å². The molecule has 2 heterocycles. The van der Waals surface area contributed by atoms with E-state index in [-0.39, 0.29) is 22.5 Å².